The fraction of sp³-hybridized carbons (Fsp3) is 0.933. The molecule has 0 spiro atoms. The van der Waals surface area contributed by atoms with E-state index in [-0.39, 0.29) is 31.1 Å². The van der Waals surface area contributed by atoms with Crippen LogP contribution in [0.4, 0.5) is 18.0 Å². The first-order valence-electron chi connectivity index (χ1n) is 8.22. The molecule has 136 valence electrons. The summed E-state index contributed by atoms with van der Waals surface area (Å²) in [5.41, 5.74) is 0. The number of amides is 2. The van der Waals surface area contributed by atoms with Crippen molar-refractivity contribution in [1.29, 1.82) is 0 Å². The highest BCUT2D eigenvalue weighted by atomic mass is 19.4. The Morgan fingerprint density at radius 3 is 2.61 bits per heavy atom. The molecular weight excluding hydrogens is 311 g/mol. The van der Waals surface area contributed by atoms with Gasteiger partial charge in [-0.3, -0.25) is 4.90 Å². The maximum absolute atomic E-state index is 12.2. The molecule has 2 atom stereocenters. The predicted octanol–water partition coefficient (Wildman–Crippen LogP) is 2.11. The van der Waals surface area contributed by atoms with Gasteiger partial charge in [-0.1, -0.05) is 19.3 Å². The van der Waals surface area contributed by atoms with Gasteiger partial charge in [0, 0.05) is 25.1 Å². The molecule has 5 nitrogen and oxygen atoms in total. The third kappa shape index (κ3) is 9.00. The van der Waals surface area contributed by atoms with E-state index < -0.39 is 12.7 Å². The maximum Gasteiger partial charge on any atom is 0.401 e. The Morgan fingerprint density at radius 2 is 1.96 bits per heavy atom. The molecule has 0 aromatic heterocycles. The molecule has 1 aliphatic rings. The van der Waals surface area contributed by atoms with Gasteiger partial charge in [0.25, 0.3) is 0 Å². The van der Waals surface area contributed by atoms with Crippen molar-refractivity contribution >= 4 is 6.03 Å². The second-order valence-electron chi connectivity index (χ2n) is 6.29. The van der Waals surface area contributed by atoms with E-state index in [1.807, 2.05) is 0 Å². The zero-order valence-electron chi connectivity index (χ0n) is 13.7. The second kappa shape index (κ2) is 9.97. The summed E-state index contributed by atoms with van der Waals surface area (Å²) >= 11 is 0. The van der Waals surface area contributed by atoms with Gasteiger partial charge in [0.05, 0.1) is 6.54 Å². The molecule has 1 saturated carbocycles. The average Bonchev–Trinajstić information content (AvgIpc) is 2.66. The van der Waals surface area contributed by atoms with Gasteiger partial charge in [0.1, 0.15) is 0 Å². The molecule has 0 aromatic rings. The fourth-order valence-corrected chi connectivity index (χ4v) is 2.95. The number of nitrogens with one attached hydrogen (secondary N) is 2. The number of urea groups is 1. The number of carbonyl (C=O) groups is 1. The van der Waals surface area contributed by atoms with E-state index in [0.29, 0.717) is 13.0 Å². The fourth-order valence-electron chi connectivity index (χ4n) is 2.95. The van der Waals surface area contributed by atoms with Crippen LogP contribution in [0.2, 0.25) is 0 Å². The Kier molecular flexibility index (Phi) is 8.68. The summed E-state index contributed by atoms with van der Waals surface area (Å²) in [6.07, 6.45) is 1.23. The minimum absolute atomic E-state index is 0.0320. The summed E-state index contributed by atoms with van der Waals surface area (Å²) in [7, 11) is 1.41. The van der Waals surface area contributed by atoms with Crippen molar-refractivity contribution in [2.24, 2.45) is 5.92 Å². The lowest BCUT2D eigenvalue weighted by Crippen LogP contribution is -2.46. The Hall–Kier alpha value is -1.02. The van der Waals surface area contributed by atoms with Crippen molar-refractivity contribution in [3.63, 3.8) is 0 Å². The first kappa shape index (κ1) is 20.0. The lowest BCUT2D eigenvalue weighted by atomic mass is 9.96. The van der Waals surface area contributed by atoms with Gasteiger partial charge in [-0.2, -0.15) is 13.2 Å². The van der Waals surface area contributed by atoms with Gasteiger partial charge >= 0.3 is 12.2 Å². The number of aliphatic hydroxyl groups is 1. The van der Waals surface area contributed by atoms with Crippen LogP contribution < -0.4 is 10.6 Å². The zero-order chi connectivity index (χ0) is 17.3. The molecule has 0 aliphatic heterocycles. The molecule has 1 aliphatic carbocycles. The number of hydrogen-bond donors (Lipinski definition) is 3. The standard InChI is InChI=1S/C15H28F3N3O2/c1-21(11-15(16,17)18)9-5-8-19-14(23)20-13-7-4-2-3-6-12(13)10-22/h12-13,22H,2-11H2,1H3,(H2,19,20,23). The number of alkyl halides is 3. The minimum atomic E-state index is -4.20. The quantitative estimate of drug-likeness (QED) is 0.492. The van der Waals surface area contributed by atoms with Crippen LogP contribution in [0.5, 0.6) is 0 Å². The lowest BCUT2D eigenvalue weighted by Gasteiger charge is -2.24. The Bertz CT molecular complexity index is 353. The number of nitrogens with zero attached hydrogens (tertiary/aromatic N) is 1. The van der Waals surface area contributed by atoms with Crippen LogP contribution in [-0.4, -0.2) is 61.5 Å². The van der Waals surface area contributed by atoms with Crippen LogP contribution in [0.25, 0.3) is 0 Å². The molecule has 0 saturated heterocycles. The highest BCUT2D eigenvalue weighted by molar-refractivity contribution is 5.74. The van der Waals surface area contributed by atoms with Gasteiger partial charge in [-0.05, 0) is 32.9 Å². The Morgan fingerprint density at radius 1 is 1.26 bits per heavy atom. The Balaban J connectivity index is 2.20. The molecule has 2 unspecified atom stereocenters. The summed E-state index contributed by atoms with van der Waals surface area (Å²) < 4.78 is 36.5. The van der Waals surface area contributed by atoms with Crippen LogP contribution in [0, 0.1) is 5.92 Å². The van der Waals surface area contributed by atoms with Crippen molar-refractivity contribution in [2.75, 3.05) is 33.3 Å². The van der Waals surface area contributed by atoms with Gasteiger partial charge < -0.3 is 15.7 Å². The Labute approximate surface area is 135 Å². The molecule has 0 aromatic carbocycles. The maximum atomic E-state index is 12.2. The normalized spacial score (nSPS) is 22.7. The van der Waals surface area contributed by atoms with E-state index in [1.54, 1.807) is 0 Å². The first-order valence-corrected chi connectivity index (χ1v) is 8.22. The number of rotatable bonds is 7. The van der Waals surface area contributed by atoms with Gasteiger partial charge in [0.15, 0.2) is 0 Å². The molecule has 1 fully saturated rings. The van der Waals surface area contributed by atoms with Gasteiger partial charge in [-0.25, -0.2) is 4.79 Å². The topological polar surface area (TPSA) is 64.6 Å². The number of aliphatic hydroxyl groups excluding tert-OH is 1. The molecule has 23 heavy (non-hydrogen) atoms. The first-order chi connectivity index (χ1) is 10.8. The SMILES string of the molecule is CN(CCCNC(=O)NC1CCCCCC1CO)CC(F)(F)F. The summed E-state index contributed by atoms with van der Waals surface area (Å²) in [6.45, 7) is -0.292. The molecule has 3 N–H and O–H groups in total. The van der Waals surface area contributed by atoms with Crippen LogP contribution in [0.1, 0.15) is 38.5 Å². The van der Waals surface area contributed by atoms with E-state index >= 15 is 0 Å². The van der Waals surface area contributed by atoms with E-state index in [9.17, 15) is 23.1 Å². The molecule has 8 heteroatoms. The smallest absolute Gasteiger partial charge is 0.396 e. The number of hydrogen-bond acceptors (Lipinski definition) is 3. The van der Waals surface area contributed by atoms with Gasteiger partial charge in [0.2, 0.25) is 0 Å². The lowest BCUT2D eigenvalue weighted by molar-refractivity contribution is -0.143. The molecule has 0 bridgehead atoms. The summed E-state index contributed by atoms with van der Waals surface area (Å²) in [6, 6.07) is -0.343. The molecule has 1 rings (SSSR count). The third-order valence-corrected chi connectivity index (χ3v) is 4.16. The summed E-state index contributed by atoms with van der Waals surface area (Å²) in [4.78, 5) is 13.0. The van der Waals surface area contributed by atoms with E-state index in [2.05, 4.69) is 10.6 Å². The van der Waals surface area contributed by atoms with Crippen molar-refractivity contribution in [1.82, 2.24) is 15.5 Å². The van der Waals surface area contributed by atoms with Crippen LogP contribution in [0.15, 0.2) is 0 Å². The highest BCUT2D eigenvalue weighted by Crippen LogP contribution is 2.23. The van der Waals surface area contributed by atoms with Crippen molar-refractivity contribution in [3.05, 3.63) is 0 Å². The third-order valence-electron chi connectivity index (χ3n) is 4.16. The molecule has 0 radical (unpaired) electrons. The van der Waals surface area contributed by atoms with Crippen molar-refractivity contribution < 1.29 is 23.1 Å². The van der Waals surface area contributed by atoms with Crippen molar-refractivity contribution in [2.45, 2.75) is 50.7 Å². The van der Waals surface area contributed by atoms with E-state index in [0.717, 1.165) is 32.1 Å². The minimum Gasteiger partial charge on any atom is -0.396 e. The van der Waals surface area contributed by atoms with E-state index in [4.69, 9.17) is 0 Å². The predicted molar refractivity (Wildman–Crippen MR) is 82.2 cm³/mol. The summed E-state index contributed by atoms with van der Waals surface area (Å²) in [5, 5.41) is 15.0. The van der Waals surface area contributed by atoms with Crippen molar-refractivity contribution in [3.8, 4) is 0 Å². The van der Waals surface area contributed by atoms with Gasteiger partial charge in [-0.15, -0.1) is 0 Å². The number of halogens is 3. The van der Waals surface area contributed by atoms with Crippen LogP contribution in [-0.2, 0) is 0 Å². The highest BCUT2D eigenvalue weighted by Gasteiger charge is 2.29. The molecule has 2 amide bonds. The zero-order valence-corrected chi connectivity index (χ0v) is 13.7. The average molecular weight is 339 g/mol. The molecular formula is C15H28F3N3O2. The second-order valence-corrected chi connectivity index (χ2v) is 6.29. The largest absolute Gasteiger partial charge is 0.401 e. The van der Waals surface area contributed by atoms with Crippen LogP contribution >= 0.6 is 0 Å². The monoisotopic (exact) mass is 339 g/mol. The molecule has 0 heterocycles. The van der Waals surface area contributed by atoms with E-state index in [1.165, 1.54) is 11.9 Å². The number of carbonyl (C=O) groups excluding carboxylic acids is 1. The summed E-state index contributed by atoms with van der Waals surface area (Å²) in [5.74, 6) is 0.0844. The van der Waals surface area contributed by atoms with Crippen LogP contribution in [0.3, 0.4) is 0 Å².